The minimum absolute atomic E-state index is 0.0836. The fourth-order valence-corrected chi connectivity index (χ4v) is 2.36. The summed E-state index contributed by atoms with van der Waals surface area (Å²) in [6.07, 6.45) is 2.19. The summed E-state index contributed by atoms with van der Waals surface area (Å²) in [6, 6.07) is 6.30. The highest BCUT2D eigenvalue weighted by Crippen LogP contribution is 2.12. The van der Waals surface area contributed by atoms with Crippen LogP contribution in [0.3, 0.4) is 0 Å². The molecule has 0 spiro atoms. The highest BCUT2D eigenvalue weighted by molar-refractivity contribution is 7.91. The Hall–Kier alpha value is -1.62. The average molecular weight is 296 g/mol. The standard InChI is InChI=1S/C15H21NO3S/c1-12(2)11-16-15(17)5-4-10-20(18,19)14-8-6-13(3)7-9-14/h4-9,12H,10-11H2,1-3H3,(H,16,17)/b5-4+/i10D. The second-order valence-corrected chi connectivity index (χ2v) is 6.83. The maximum absolute atomic E-state index is 12.2. The minimum Gasteiger partial charge on any atom is -0.352 e. The Morgan fingerprint density at radius 1 is 1.35 bits per heavy atom. The molecule has 0 fully saturated rings. The van der Waals surface area contributed by atoms with Crippen molar-refractivity contribution in [3.63, 3.8) is 0 Å². The molecule has 0 heterocycles. The summed E-state index contributed by atoms with van der Waals surface area (Å²) < 4.78 is 32.0. The Morgan fingerprint density at radius 2 is 1.95 bits per heavy atom. The van der Waals surface area contributed by atoms with Gasteiger partial charge in [0.25, 0.3) is 0 Å². The Bertz CT molecular complexity index is 606. The molecule has 0 saturated carbocycles. The molecular weight excluding hydrogens is 274 g/mol. The van der Waals surface area contributed by atoms with Gasteiger partial charge in [-0.15, -0.1) is 0 Å². The largest absolute Gasteiger partial charge is 0.352 e. The fraction of sp³-hybridized carbons (Fsp3) is 0.400. The zero-order valence-corrected chi connectivity index (χ0v) is 12.8. The summed E-state index contributed by atoms with van der Waals surface area (Å²) in [4.78, 5) is 11.6. The third-order valence-corrected chi connectivity index (χ3v) is 3.98. The van der Waals surface area contributed by atoms with Crippen molar-refractivity contribution in [2.45, 2.75) is 25.7 Å². The Kier molecular flexibility index (Phi) is 5.35. The number of hydrogen-bond donors (Lipinski definition) is 1. The van der Waals surface area contributed by atoms with Crippen molar-refractivity contribution in [3.8, 4) is 0 Å². The number of aryl methyl sites for hydroxylation is 1. The SMILES string of the molecule is [2H]C(/C=C/C(=O)NCC(C)C)S(=O)(=O)c1ccc(C)cc1. The summed E-state index contributed by atoms with van der Waals surface area (Å²) in [5, 5.41) is 2.63. The van der Waals surface area contributed by atoms with Crippen LogP contribution in [0.5, 0.6) is 0 Å². The monoisotopic (exact) mass is 296 g/mol. The van der Waals surface area contributed by atoms with Gasteiger partial charge in [0.05, 0.1) is 10.6 Å². The zero-order valence-electron chi connectivity index (χ0n) is 13.0. The van der Waals surface area contributed by atoms with E-state index in [0.29, 0.717) is 12.5 Å². The van der Waals surface area contributed by atoms with E-state index in [0.717, 1.165) is 17.7 Å². The Morgan fingerprint density at radius 3 is 2.50 bits per heavy atom. The number of sulfone groups is 1. The van der Waals surface area contributed by atoms with Crippen LogP contribution in [0.25, 0.3) is 0 Å². The van der Waals surface area contributed by atoms with Crippen molar-refractivity contribution in [3.05, 3.63) is 42.0 Å². The lowest BCUT2D eigenvalue weighted by Crippen LogP contribution is -2.25. The van der Waals surface area contributed by atoms with Gasteiger partial charge in [-0.1, -0.05) is 37.6 Å². The van der Waals surface area contributed by atoms with Crippen LogP contribution < -0.4 is 5.32 Å². The van der Waals surface area contributed by atoms with Crippen molar-refractivity contribution in [2.75, 3.05) is 12.3 Å². The van der Waals surface area contributed by atoms with Crippen molar-refractivity contribution < 1.29 is 14.6 Å². The lowest BCUT2D eigenvalue weighted by Gasteiger charge is -2.04. The van der Waals surface area contributed by atoms with Gasteiger partial charge in [0.15, 0.2) is 9.84 Å². The number of carbonyl (C=O) groups is 1. The van der Waals surface area contributed by atoms with Crippen LogP contribution in [0, 0.1) is 12.8 Å². The van der Waals surface area contributed by atoms with Gasteiger partial charge in [0.2, 0.25) is 5.91 Å². The normalized spacial score (nSPS) is 14.3. The first-order chi connectivity index (χ1) is 9.73. The summed E-state index contributed by atoms with van der Waals surface area (Å²) in [5.74, 6) is -0.0782. The molecule has 1 rings (SSSR count). The van der Waals surface area contributed by atoms with E-state index in [4.69, 9.17) is 1.37 Å². The van der Waals surface area contributed by atoms with Gasteiger partial charge in [-0.25, -0.2) is 8.42 Å². The van der Waals surface area contributed by atoms with Gasteiger partial charge >= 0.3 is 0 Å². The van der Waals surface area contributed by atoms with Gasteiger partial charge in [-0.3, -0.25) is 4.79 Å². The molecule has 4 nitrogen and oxygen atoms in total. The summed E-state index contributed by atoms with van der Waals surface area (Å²) in [7, 11) is -3.78. The number of carbonyl (C=O) groups excluding carboxylic acids is 1. The summed E-state index contributed by atoms with van der Waals surface area (Å²) in [5.41, 5.74) is -0.552. The third-order valence-electron chi connectivity index (χ3n) is 2.54. The Labute approximate surface area is 122 Å². The summed E-state index contributed by atoms with van der Waals surface area (Å²) >= 11 is 0. The van der Waals surface area contributed by atoms with Crippen LogP contribution in [-0.4, -0.2) is 26.6 Å². The molecule has 0 aromatic heterocycles. The van der Waals surface area contributed by atoms with Crippen LogP contribution in [0.1, 0.15) is 20.8 Å². The number of benzene rings is 1. The zero-order chi connectivity index (χ0) is 16.0. The van der Waals surface area contributed by atoms with Crippen molar-refractivity contribution >= 4 is 15.7 Å². The number of nitrogens with one attached hydrogen (secondary N) is 1. The quantitative estimate of drug-likeness (QED) is 0.818. The molecule has 0 saturated heterocycles. The molecule has 1 amide bonds. The van der Waals surface area contributed by atoms with Gasteiger partial charge < -0.3 is 5.32 Å². The second-order valence-electron chi connectivity index (χ2n) is 4.99. The van der Waals surface area contributed by atoms with Crippen molar-refractivity contribution in [2.24, 2.45) is 5.92 Å². The number of amides is 1. The van der Waals surface area contributed by atoms with E-state index in [1.807, 2.05) is 20.8 Å². The minimum atomic E-state index is -3.78. The van der Waals surface area contributed by atoms with Gasteiger partial charge in [0.1, 0.15) is 0 Å². The van der Waals surface area contributed by atoms with E-state index in [-0.39, 0.29) is 10.8 Å². The maximum atomic E-state index is 12.2. The average Bonchev–Trinajstić information content (AvgIpc) is 2.42. The second kappa shape index (κ2) is 7.24. The molecule has 20 heavy (non-hydrogen) atoms. The molecular formula is C15H21NO3S. The fourth-order valence-electron chi connectivity index (χ4n) is 1.40. The lowest BCUT2D eigenvalue weighted by atomic mass is 10.2. The topological polar surface area (TPSA) is 63.2 Å². The molecule has 1 N–H and O–H groups in total. The van der Waals surface area contributed by atoms with Crippen molar-refractivity contribution in [1.82, 2.24) is 5.32 Å². The highest BCUT2D eigenvalue weighted by atomic mass is 32.2. The molecule has 0 aliphatic rings. The van der Waals surface area contributed by atoms with E-state index in [1.165, 1.54) is 12.1 Å². The number of hydrogen-bond acceptors (Lipinski definition) is 3. The lowest BCUT2D eigenvalue weighted by molar-refractivity contribution is -0.116. The van der Waals surface area contributed by atoms with E-state index < -0.39 is 15.6 Å². The van der Waals surface area contributed by atoms with Gasteiger partial charge in [-0.05, 0) is 31.1 Å². The van der Waals surface area contributed by atoms with E-state index in [1.54, 1.807) is 12.1 Å². The van der Waals surface area contributed by atoms with Crippen LogP contribution in [0.4, 0.5) is 0 Å². The van der Waals surface area contributed by atoms with Crippen LogP contribution in [-0.2, 0) is 14.6 Å². The first kappa shape index (κ1) is 14.8. The Balaban J connectivity index is 2.75. The van der Waals surface area contributed by atoms with Crippen LogP contribution in [0.15, 0.2) is 41.3 Å². The van der Waals surface area contributed by atoms with E-state index >= 15 is 0 Å². The van der Waals surface area contributed by atoms with Crippen LogP contribution >= 0.6 is 0 Å². The predicted molar refractivity (Wildman–Crippen MR) is 80.2 cm³/mol. The molecule has 5 heteroatoms. The van der Waals surface area contributed by atoms with Crippen molar-refractivity contribution in [1.29, 1.82) is 0 Å². The van der Waals surface area contributed by atoms with Gasteiger partial charge in [0, 0.05) is 7.92 Å². The molecule has 110 valence electrons. The van der Waals surface area contributed by atoms with Crippen LogP contribution in [0.2, 0.25) is 0 Å². The molecule has 1 atom stereocenters. The smallest absolute Gasteiger partial charge is 0.243 e. The molecule has 0 bridgehead atoms. The predicted octanol–water partition coefficient (Wildman–Crippen LogP) is 2.10. The van der Waals surface area contributed by atoms with E-state index in [2.05, 4.69) is 5.32 Å². The highest BCUT2D eigenvalue weighted by Gasteiger charge is 2.11. The first-order valence-electron chi connectivity index (χ1n) is 7.00. The molecule has 1 aromatic rings. The third kappa shape index (κ3) is 5.57. The maximum Gasteiger partial charge on any atom is 0.243 e. The molecule has 1 aromatic carbocycles. The molecule has 0 radical (unpaired) electrons. The molecule has 0 aliphatic carbocycles. The number of rotatable bonds is 6. The van der Waals surface area contributed by atoms with Gasteiger partial charge in [-0.2, -0.15) is 0 Å². The summed E-state index contributed by atoms with van der Waals surface area (Å²) in [6.45, 7) is 6.28. The molecule has 0 aliphatic heterocycles. The van der Waals surface area contributed by atoms with E-state index in [9.17, 15) is 13.2 Å². The first-order valence-corrected chi connectivity index (χ1v) is 7.97. The molecule has 1 unspecified atom stereocenters.